The highest BCUT2D eigenvalue weighted by molar-refractivity contribution is 6.36. The van der Waals surface area contributed by atoms with E-state index in [1.165, 1.54) is 0 Å². The average Bonchev–Trinajstić information content (AvgIpc) is 1.97. The van der Waals surface area contributed by atoms with Crippen LogP contribution < -0.4 is 5.46 Å². The molecule has 0 amide bonds. The number of hydrogen-bond donors (Lipinski definition) is 4. The third-order valence-electron chi connectivity index (χ3n) is 1.27. The van der Waals surface area contributed by atoms with Gasteiger partial charge in [-0.2, -0.15) is 0 Å². The van der Waals surface area contributed by atoms with Crippen molar-refractivity contribution in [2.75, 3.05) is 0 Å². The Bertz CT molecular complexity index is 271. The molecule has 0 aliphatic rings. The van der Waals surface area contributed by atoms with Crippen LogP contribution in [0.3, 0.4) is 0 Å². The van der Waals surface area contributed by atoms with Crippen LogP contribution in [0.1, 0.15) is 0 Å². The summed E-state index contributed by atoms with van der Waals surface area (Å²) in [7, 11) is 5.08. The summed E-state index contributed by atoms with van der Waals surface area (Å²) >= 11 is 0. The molecule has 0 heterocycles. The topological polar surface area (TPSA) is 80.9 Å². The predicted molar refractivity (Wildman–Crippen MR) is 38.5 cm³/mol. The van der Waals surface area contributed by atoms with Crippen LogP contribution in [0.15, 0.2) is 6.07 Å². The van der Waals surface area contributed by atoms with E-state index in [4.69, 9.17) is 28.3 Å². The van der Waals surface area contributed by atoms with Gasteiger partial charge in [0, 0.05) is 6.07 Å². The lowest BCUT2D eigenvalue weighted by molar-refractivity contribution is 0.364. The summed E-state index contributed by atoms with van der Waals surface area (Å²) in [5.41, 5.74) is -0.361. The fraction of sp³-hybridized carbons (Fsp3) is 0. The zero-order valence-corrected chi connectivity index (χ0v) is 5.44. The molecule has 1 aromatic carbocycles. The lowest BCUT2D eigenvalue weighted by Gasteiger charge is -2.05. The number of benzene rings is 1. The van der Waals surface area contributed by atoms with E-state index in [-0.39, 0.29) is 5.46 Å². The van der Waals surface area contributed by atoms with E-state index in [9.17, 15) is 0 Å². The Balaban J connectivity index is 3.46. The van der Waals surface area contributed by atoms with Crippen molar-refractivity contribution in [1.29, 1.82) is 0 Å². The zero-order valence-electron chi connectivity index (χ0n) is 5.44. The highest BCUT2D eigenvalue weighted by Gasteiger charge is 2.11. The summed E-state index contributed by atoms with van der Waals surface area (Å²) in [5.74, 6) is -2.55. The van der Waals surface area contributed by atoms with Crippen LogP contribution in [0.2, 0.25) is 0 Å². The van der Waals surface area contributed by atoms with Gasteiger partial charge in [0.1, 0.15) is 13.6 Å². The van der Waals surface area contributed by atoms with E-state index in [2.05, 4.69) is 0 Å². The summed E-state index contributed by atoms with van der Waals surface area (Å²) in [5, 5.41) is 35.3. The number of aromatic hydroxyl groups is 4. The summed E-state index contributed by atoms with van der Waals surface area (Å²) in [6.07, 6.45) is 0. The van der Waals surface area contributed by atoms with E-state index in [0.717, 1.165) is 6.07 Å². The molecule has 0 atom stereocenters. The van der Waals surface area contributed by atoms with Crippen LogP contribution in [0.4, 0.5) is 0 Å². The van der Waals surface area contributed by atoms with Crippen LogP contribution in [0, 0.1) is 0 Å². The van der Waals surface area contributed by atoms with Gasteiger partial charge in [-0.3, -0.25) is 0 Å². The highest BCUT2D eigenvalue weighted by atomic mass is 16.3. The largest absolute Gasteiger partial charge is 0.508 e. The van der Waals surface area contributed by atoms with Crippen molar-refractivity contribution in [1.82, 2.24) is 0 Å². The molecule has 4 nitrogen and oxygen atoms in total. The van der Waals surface area contributed by atoms with Gasteiger partial charge in [0.25, 0.3) is 0 Å². The number of hydrogen-bond acceptors (Lipinski definition) is 4. The molecule has 1 aromatic rings. The first-order chi connectivity index (χ1) is 5.04. The second kappa shape index (κ2) is 2.27. The molecule has 5 heteroatoms. The Labute approximate surface area is 63.8 Å². The maximum Gasteiger partial charge on any atom is 0.199 e. The first-order valence-corrected chi connectivity index (χ1v) is 2.76. The Morgan fingerprint density at radius 2 is 1.45 bits per heavy atom. The molecule has 1 rings (SSSR count). The standard InChI is InChI=1S/C6H5BO4/c7-4-2(8)1-3(9)5(10)6(4)11/h1,8-11H. The van der Waals surface area contributed by atoms with Gasteiger partial charge in [-0.05, 0) is 5.46 Å². The second-order valence-corrected chi connectivity index (χ2v) is 2.03. The minimum absolute atomic E-state index is 0.361. The smallest absolute Gasteiger partial charge is 0.199 e. The number of phenolic OH excluding ortho intramolecular Hbond substituents is 4. The third kappa shape index (κ3) is 1.04. The van der Waals surface area contributed by atoms with Gasteiger partial charge in [-0.1, -0.05) is 0 Å². The lowest BCUT2D eigenvalue weighted by atomic mass is 9.93. The van der Waals surface area contributed by atoms with Crippen molar-refractivity contribution in [2.24, 2.45) is 0 Å². The normalized spacial score (nSPS) is 9.82. The molecule has 4 N–H and O–H groups in total. The van der Waals surface area contributed by atoms with Gasteiger partial charge < -0.3 is 20.4 Å². The molecule has 56 valence electrons. The summed E-state index contributed by atoms with van der Waals surface area (Å²) in [6.45, 7) is 0. The molecule has 2 radical (unpaired) electrons. The average molecular weight is 152 g/mol. The molecule has 0 spiro atoms. The van der Waals surface area contributed by atoms with Gasteiger partial charge in [-0.25, -0.2) is 0 Å². The van der Waals surface area contributed by atoms with Crippen molar-refractivity contribution in [3.05, 3.63) is 6.07 Å². The van der Waals surface area contributed by atoms with Crippen LogP contribution in [0.5, 0.6) is 23.0 Å². The lowest BCUT2D eigenvalue weighted by Crippen LogP contribution is -2.03. The molecular weight excluding hydrogens is 147 g/mol. The van der Waals surface area contributed by atoms with Crippen LogP contribution in [0.25, 0.3) is 0 Å². The first kappa shape index (κ1) is 7.59. The van der Waals surface area contributed by atoms with Crippen molar-refractivity contribution in [3.8, 4) is 23.0 Å². The van der Waals surface area contributed by atoms with Gasteiger partial charge in [0.15, 0.2) is 17.2 Å². The van der Waals surface area contributed by atoms with Crippen molar-refractivity contribution < 1.29 is 20.4 Å². The maximum atomic E-state index is 8.87. The molecular formula is C6H5BO4. The van der Waals surface area contributed by atoms with E-state index in [1.807, 2.05) is 0 Å². The summed E-state index contributed by atoms with van der Waals surface area (Å²) < 4.78 is 0. The van der Waals surface area contributed by atoms with E-state index in [1.54, 1.807) is 0 Å². The molecule has 0 bridgehead atoms. The van der Waals surface area contributed by atoms with Crippen molar-refractivity contribution >= 4 is 13.3 Å². The molecule has 11 heavy (non-hydrogen) atoms. The molecule has 0 aromatic heterocycles. The Hall–Kier alpha value is -1.52. The highest BCUT2D eigenvalue weighted by Crippen LogP contribution is 2.35. The molecule has 0 saturated carbocycles. The maximum absolute atomic E-state index is 8.87. The number of rotatable bonds is 0. The summed E-state index contributed by atoms with van der Waals surface area (Å²) in [4.78, 5) is 0. The molecule has 0 saturated heterocycles. The monoisotopic (exact) mass is 152 g/mol. The van der Waals surface area contributed by atoms with Gasteiger partial charge in [0.05, 0.1) is 0 Å². The van der Waals surface area contributed by atoms with Gasteiger partial charge in [0.2, 0.25) is 0 Å². The Morgan fingerprint density at radius 3 is 2.00 bits per heavy atom. The SMILES string of the molecule is [B]c1c(O)cc(O)c(O)c1O. The van der Waals surface area contributed by atoms with E-state index in [0.29, 0.717) is 0 Å². The molecule has 0 aliphatic heterocycles. The van der Waals surface area contributed by atoms with Crippen LogP contribution in [-0.4, -0.2) is 28.3 Å². The predicted octanol–water partition coefficient (Wildman–Crippen LogP) is -0.697. The van der Waals surface area contributed by atoms with Crippen molar-refractivity contribution in [2.45, 2.75) is 0 Å². The zero-order chi connectivity index (χ0) is 8.59. The Kier molecular flexibility index (Phi) is 1.56. The molecule has 0 fully saturated rings. The summed E-state index contributed by atoms with van der Waals surface area (Å²) in [6, 6.07) is 0.838. The van der Waals surface area contributed by atoms with Gasteiger partial charge in [-0.15, -0.1) is 0 Å². The van der Waals surface area contributed by atoms with Gasteiger partial charge >= 0.3 is 0 Å². The fourth-order valence-electron chi connectivity index (χ4n) is 0.646. The number of phenols is 4. The Morgan fingerprint density at radius 1 is 0.909 bits per heavy atom. The minimum atomic E-state index is -0.736. The molecule has 0 aliphatic carbocycles. The first-order valence-electron chi connectivity index (χ1n) is 2.76. The van der Waals surface area contributed by atoms with Crippen molar-refractivity contribution in [3.63, 3.8) is 0 Å². The third-order valence-corrected chi connectivity index (χ3v) is 1.27. The minimum Gasteiger partial charge on any atom is -0.508 e. The van der Waals surface area contributed by atoms with Crippen LogP contribution >= 0.6 is 0 Å². The van der Waals surface area contributed by atoms with E-state index < -0.39 is 23.0 Å². The van der Waals surface area contributed by atoms with E-state index >= 15 is 0 Å². The molecule has 0 unspecified atom stereocenters. The second-order valence-electron chi connectivity index (χ2n) is 2.03. The van der Waals surface area contributed by atoms with Crippen LogP contribution in [-0.2, 0) is 0 Å². The quantitative estimate of drug-likeness (QED) is 0.225. The fourth-order valence-corrected chi connectivity index (χ4v) is 0.646.